The van der Waals surface area contributed by atoms with Crippen molar-refractivity contribution in [2.75, 3.05) is 5.32 Å². The van der Waals surface area contributed by atoms with Crippen molar-refractivity contribution in [2.45, 2.75) is 44.1 Å². The van der Waals surface area contributed by atoms with E-state index in [9.17, 15) is 4.79 Å². The van der Waals surface area contributed by atoms with Crippen molar-refractivity contribution in [3.8, 4) is 0 Å². The maximum absolute atomic E-state index is 13.3. The molecule has 4 aromatic rings. The molecule has 0 radical (unpaired) electrons. The van der Waals surface area contributed by atoms with E-state index in [0.29, 0.717) is 6.42 Å². The number of carbonyl (C=O) groups is 1. The average molecular weight is 431 g/mol. The van der Waals surface area contributed by atoms with Crippen LogP contribution in [0.5, 0.6) is 0 Å². The number of amides is 1. The first kappa shape index (κ1) is 21.1. The Balaban J connectivity index is 1.66. The molecule has 0 saturated carbocycles. The Kier molecular flexibility index (Phi) is 6.37. The molecule has 0 bridgehead atoms. The zero-order valence-corrected chi connectivity index (χ0v) is 18.8. The third-order valence-corrected chi connectivity index (χ3v) is 6.33. The fourth-order valence-electron chi connectivity index (χ4n) is 3.54. The Hall–Kier alpha value is -3.12. The van der Waals surface area contributed by atoms with Crippen LogP contribution in [-0.4, -0.2) is 20.4 Å². The van der Waals surface area contributed by atoms with Gasteiger partial charge in [0.1, 0.15) is 11.6 Å². The van der Waals surface area contributed by atoms with Gasteiger partial charge in [-0.15, -0.1) is 0 Å². The molecular weight excluding hydrogens is 404 g/mol. The molecule has 2 heterocycles. The number of imidazole rings is 1. The molecule has 2 aromatic carbocycles. The molecule has 0 aliphatic carbocycles. The molecule has 6 heteroatoms. The monoisotopic (exact) mass is 430 g/mol. The van der Waals surface area contributed by atoms with E-state index < -0.39 is 6.04 Å². The van der Waals surface area contributed by atoms with Gasteiger partial charge in [-0.3, -0.25) is 9.36 Å². The Bertz CT molecular complexity index is 1200. The normalized spacial score (nSPS) is 12.1. The molecule has 4 rings (SSSR count). The smallest absolute Gasteiger partial charge is 0.247 e. The van der Waals surface area contributed by atoms with Crippen molar-refractivity contribution in [3.63, 3.8) is 0 Å². The summed E-state index contributed by atoms with van der Waals surface area (Å²) in [6.07, 6.45) is 2.39. The molecule has 5 nitrogen and oxygen atoms in total. The molecule has 0 fully saturated rings. The Morgan fingerprint density at radius 1 is 1.06 bits per heavy atom. The van der Waals surface area contributed by atoms with Crippen molar-refractivity contribution < 1.29 is 4.79 Å². The first-order valence-corrected chi connectivity index (χ1v) is 11.4. The standard InChI is InChI=1S/C25H26N4OS/c1-4-22(24(30)27-20-9-6-5-8-18(20)3)29-23-21(10-7-15-26-23)28-25(29)31-16-19-13-11-17(2)12-14-19/h5-15,22H,4,16H2,1-3H3,(H,27,30)/t22-/m0/s1. The van der Waals surface area contributed by atoms with Crippen LogP contribution in [0, 0.1) is 13.8 Å². The molecule has 0 unspecified atom stereocenters. The lowest BCUT2D eigenvalue weighted by atomic mass is 10.1. The van der Waals surface area contributed by atoms with Crippen LogP contribution < -0.4 is 5.32 Å². The molecule has 2 aromatic heterocycles. The molecule has 31 heavy (non-hydrogen) atoms. The zero-order chi connectivity index (χ0) is 21.8. The summed E-state index contributed by atoms with van der Waals surface area (Å²) in [5.74, 6) is 0.721. The highest BCUT2D eigenvalue weighted by Crippen LogP contribution is 2.31. The van der Waals surface area contributed by atoms with Crippen LogP contribution in [0.25, 0.3) is 11.2 Å². The summed E-state index contributed by atoms with van der Waals surface area (Å²) in [6.45, 7) is 6.10. The largest absolute Gasteiger partial charge is 0.324 e. The quantitative estimate of drug-likeness (QED) is 0.369. The lowest BCUT2D eigenvalue weighted by Crippen LogP contribution is -2.26. The number of aryl methyl sites for hydroxylation is 2. The van der Waals surface area contributed by atoms with E-state index in [4.69, 9.17) is 4.98 Å². The molecule has 1 amide bonds. The number of aromatic nitrogens is 3. The minimum atomic E-state index is -0.403. The highest BCUT2D eigenvalue weighted by Gasteiger charge is 2.25. The summed E-state index contributed by atoms with van der Waals surface area (Å²) >= 11 is 1.63. The molecule has 1 N–H and O–H groups in total. The maximum atomic E-state index is 13.3. The number of nitrogens with one attached hydrogen (secondary N) is 1. The Morgan fingerprint density at radius 2 is 1.84 bits per heavy atom. The number of hydrogen-bond donors (Lipinski definition) is 1. The van der Waals surface area contributed by atoms with Crippen molar-refractivity contribution in [1.29, 1.82) is 0 Å². The van der Waals surface area contributed by atoms with Crippen LogP contribution in [0.4, 0.5) is 5.69 Å². The summed E-state index contributed by atoms with van der Waals surface area (Å²) in [5, 5.41) is 3.90. The topological polar surface area (TPSA) is 59.8 Å². The third kappa shape index (κ3) is 4.64. The van der Waals surface area contributed by atoms with Crippen LogP contribution in [-0.2, 0) is 10.5 Å². The number of para-hydroxylation sites is 1. The number of pyridine rings is 1. The second-order valence-corrected chi connectivity index (χ2v) is 8.56. The lowest BCUT2D eigenvalue weighted by Gasteiger charge is -2.20. The fourth-order valence-corrected chi connectivity index (χ4v) is 4.54. The third-order valence-electron chi connectivity index (χ3n) is 5.31. The molecule has 0 spiro atoms. The Morgan fingerprint density at radius 3 is 2.58 bits per heavy atom. The van der Waals surface area contributed by atoms with E-state index in [1.54, 1.807) is 18.0 Å². The van der Waals surface area contributed by atoms with E-state index in [1.165, 1.54) is 11.1 Å². The number of anilines is 1. The van der Waals surface area contributed by atoms with E-state index in [1.807, 2.05) is 54.8 Å². The van der Waals surface area contributed by atoms with Gasteiger partial charge in [0.2, 0.25) is 5.91 Å². The minimum Gasteiger partial charge on any atom is -0.324 e. The van der Waals surface area contributed by atoms with E-state index in [2.05, 4.69) is 41.5 Å². The lowest BCUT2D eigenvalue weighted by molar-refractivity contribution is -0.119. The number of nitrogens with zero attached hydrogens (tertiary/aromatic N) is 3. The molecule has 0 aliphatic rings. The highest BCUT2D eigenvalue weighted by atomic mass is 32.2. The van der Waals surface area contributed by atoms with Gasteiger partial charge in [0.05, 0.1) is 0 Å². The van der Waals surface area contributed by atoms with Crippen LogP contribution in [0.1, 0.15) is 36.1 Å². The molecule has 0 saturated heterocycles. The number of thioether (sulfide) groups is 1. The second kappa shape index (κ2) is 9.35. The van der Waals surface area contributed by atoms with Gasteiger partial charge in [0, 0.05) is 17.6 Å². The molecular formula is C25H26N4OS. The van der Waals surface area contributed by atoms with Crippen LogP contribution in [0.3, 0.4) is 0 Å². The predicted molar refractivity (Wildman–Crippen MR) is 127 cm³/mol. The summed E-state index contributed by atoms with van der Waals surface area (Å²) in [6, 6.07) is 19.7. The summed E-state index contributed by atoms with van der Waals surface area (Å²) < 4.78 is 1.99. The first-order chi connectivity index (χ1) is 15.1. The number of carbonyl (C=O) groups excluding carboxylic acids is 1. The van der Waals surface area contributed by atoms with E-state index in [-0.39, 0.29) is 5.91 Å². The van der Waals surface area contributed by atoms with E-state index in [0.717, 1.165) is 33.3 Å². The van der Waals surface area contributed by atoms with Crippen LogP contribution >= 0.6 is 11.8 Å². The molecule has 0 aliphatic heterocycles. The summed E-state index contributed by atoms with van der Waals surface area (Å²) in [7, 11) is 0. The average Bonchev–Trinajstić information content (AvgIpc) is 3.14. The van der Waals surface area contributed by atoms with Gasteiger partial charge in [-0.2, -0.15) is 0 Å². The first-order valence-electron chi connectivity index (χ1n) is 10.4. The van der Waals surface area contributed by atoms with Crippen molar-refractivity contribution in [2.24, 2.45) is 0 Å². The molecule has 1 atom stereocenters. The van der Waals surface area contributed by atoms with Gasteiger partial charge in [0.25, 0.3) is 0 Å². The van der Waals surface area contributed by atoms with Gasteiger partial charge in [-0.05, 0) is 49.6 Å². The van der Waals surface area contributed by atoms with Gasteiger partial charge >= 0.3 is 0 Å². The van der Waals surface area contributed by atoms with Crippen molar-refractivity contribution in [1.82, 2.24) is 14.5 Å². The van der Waals surface area contributed by atoms with Crippen LogP contribution in [0.15, 0.2) is 72.0 Å². The second-order valence-electron chi connectivity index (χ2n) is 7.61. The SMILES string of the molecule is CC[C@@H](C(=O)Nc1ccccc1C)n1c(SCc2ccc(C)cc2)nc2cccnc21. The number of benzene rings is 2. The van der Waals surface area contributed by atoms with Gasteiger partial charge in [-0.1, -0.05) is 66.7 Å². The van der Waals surface area contributed by atoms with Gasteiger partial charge in [0.15, 0.2) is 10.8 Å². The van der Waals surface area contributed by atoms with Gasteiger partial charge < -0.3 is 5.32 Å². The predicted octanol–water partition coefficient (Wildman–Crippen LogP) is 5.93. The van der Waals surface area contributed by atoms with Gasteiger partial charge in [-0.25, -0.2) is 9.97 Å². The summed E-state index contributed by atoms with van der Waals surface area (Å²) in [5.41, 5.74) is 5.87. The number of hydrogen-bond acceptors (Lipinski definition) is 4. The molecule has 158 valence electrons. The number of rotatable bonds is 7. The highest BCUT2D eigenvalue weighted by molar-refractivity contribution is 7.98. The van der Waals surface area contributed by atoms with E-state index >= 15 is 0 Å². The zero-order valence-electron chi connectivity index (χ0n) is 18.0. The summed E-state index contributed by atoms with van der Waals surface area (Å²) in [4.78, 5) is 22.7. The minimum absolute atomic E-state index is 0.0565. The maximum Gasteiger partial charge on any atom is 0.247 e. The van der Waals surface area contributed by atoms with Crippen molar-refractivity contribution >= 4 is 34.5 Å². The van der Waals surface area contributed by atoms with Crippen LogP contribution in [0.2, 0.25) is 0 Å². The Labute approximate surface area is 186 Å². The van der Waals surface area contributed by atoms with Crippen molar-refractivity contribution in [3.05, 3.63) is 83.6 Å². The fraction of sp³-hybridized carbons (Fsp3) is 0.240. The number of fused-ring (bicyclic) bond motifs is 1.